The number of anilines is 1. The van der Waals surface area contributed by atoms with Gasteiger partial charge in [0.25, 0.3) is 0 Å². The Bertz CT molecular complexity index is 553. The van der Waals surface area contributed by atoms with Crippen LogP contribution in [0.15, 0.2) is 55.1 Å². The lowest BCUT2D eigenvalue weighted by Crippen LogP contribution is -2.13. The topological polar surface area (TPSA) is 12.0 Å². The van der Waals surface area contributed by atoms with E-state index < -0.39 is 0 Å². The highest BCUT2D eigenvalue weighted by molar-refractivity contribution is 6.12. The molecular formula is C17H20BN. The first-order valence-electron chi connectivity index (χ1n) is 6.69. The number of hydrogen-bond acceptors (Lipinski definition) is 1. The standard InChI is InChI=1S/C17H20BN/c1-12(2)14-4-6-15(7-5-14)16-8-10-17(11-9-16)19-13(3)18/h4-11,13,19H,1,18H2,2-3H3. The van der Waals surface area contributed by atoms with Crippen LogP contribution in [0.1, 0.15) is 19.4 Å². The maximum atomic E-state index is 3.96. The molecule has 0 aliphatic rings. The van der Waals surface area contributed by atoms with Crippen molar-refractivity contribution in [2.24, 2.45) is 0 Å². The first-order chi connectivity index (χ1) is 9.06. The van der Waals surface area contributed by atoms with Gasteiger partial charge < -0.3 is 5.32 Å². The van der Waals surface area contributed by atoms with Crippen molar-refractivity contribution in [2.45, 2.75) is 19.8 Å². The van der Waals surface area contributed by atoms with Gasteiger partial charge in [-0.2, -0.15) is 0 Å². The van der Waals surface area contributed by atoms with Crippen molar-refractivity contribution in [3.63, 3.8) is 0 Å². The van der Waals surface area contributed by atoms with E-state index in [-0.39, 0.29) is 0 Å². The predicted octanol–water partition coefficient (Wildman–Crippen LogP) is 3.78. The second kappa shape index (κ2) is 5.79. The molecule has 0 bridgehead atoms. The number of benzene rings is 2. The number of nitrogens with one attached hydrogen (secondary N) is 1. The van der Waals surface area contributed by atoms with Crippen molar-refractivity contribution in [3.05, 3.63) is 60.7 Å². The summed E-state index contributed by atoms with van der Waals surface area (Å²) in [7, 11) is 2.14. The monoisotopic (exact) mass is 249 g/mol. The molecule has 0 aliphatic carbocycles. The summed E-state index contributed by atoms with van der Waals surface area (Å²) in [6.07, 6.45) is 0. The van der Waals surface area contributed by atoms with Gasteiger partial charge in [-0.3, -0.25) is 0 Å². The summed E-state index contributed by atoms with van der Waals surface area (Å²) < 4.78 is 0. The molecule has 2 aromatic rings. The van der Waals surface area contributed by atoms with E-state index in [1.807, 2.05) is 6.92 Å². The predicted molar refractivity (Wildman–Crippen MR) is 88.2 cm³/mol. The molecule has 1 N–H and O–H groups in total. The first-order valence-corrected chi connectivity index (χ1v) is 6.69. The minimum atomic E-state index is 0.459. The summed E-state index contributed by atoms with van der Waals surface area (Å²) in [5, 5.41) is 3.40. The normalized spacial score (nSPS) is 11.9. The van der Waals surface area contributed by atoms with Crippen LogP contribution in [0.4, 0.5) is 5.69 Å². The van der Waals surface area contributed by atoms with Crippen molar-refractivity contribution in [1.82, 2.24) is 0 Å². The fraction of sp³-hybridized carbons (Fsp3) is 0.176. The van der Waals surface area contributed by atoms with Crippen LogP contribution >= 0.6 is 0 Å². The highest BCUT2D eigenvalue weighted by atomic mass is 14.9. The molecule has 0 saturated carbocycles. The Morgan fingerprint density at radius 3 is 1.89 bits per heavy atom. The average Bonchev–Trinajstić information content (AvgIpc) is 2.39. The Balaban J connectivity index is 2.19. The second-order valence-corrected chi connectivity index (χ2v) is 5.23. The third-order valence-corrected chi connectivity index (χ3v) is 3.05. The van der Waals surface area contributed by atoms with E-state index in [1.54, 1.807) is 0 Å². The largest absolute Gasteiger partial charge is 0.391 e. The SMILES string of the molecule is BC(C)Nc1ccc(-c2ccc(C(=C)C)cc2)cc1. The molecule has 0 aliphatic heterocycles. The molecule has 2 rings (SSSR count). The Kier molecular flexibility index (Phi) is 4.11. The zero-order valence-corrected chi connectivity index (χ0v) is 11.9. The summed E-state index contributed by atoms with van der Waals surface area (Å²) >= 11 is 0. The van der Waals surface area contributed by atoms with Crippen molar-refractivity contribution < 1.29 is 0 Å². The molecule has 19 heavy (non-hydrogen) atoms. The highest BCUT2D eigenvalue weighted by Crippen LogP contribution is 2.23. The van der Waals surface area contributed by atoms with Crippen LogP contribution in [0.25, 0.3) is 16.7 Å². The van der Waals surface area contributed by atoms with Gasteiger partial charge in [0.05, 0.1) is 0 Å². The molecule has 0 heterocycles. The molecule has 0 aromatic heterocycles. The summed E-state index contributed by atoms with van der Waals surface area (Å²) in [6, 6.07) is 17.1. The minimum Gasteiger partial charge on any atom is -0.391 e. The lowest BCUT2D eigenvalue weighted by molar-refractivity contribution is 1.11. The highest BCUT2D eigenvalue weighted by Gasteiger charge is 2.00. The van der Waals surface area contributed by atoms with E-state index in [4.69, 9.17) is 0 Å². The number of rotatable bonds is 4. The van der Waals surface area contributed by atoms with Crippen LogP contribution in [0.3, 0.4) is 0 Å². The fourth-order valence-electron chi connectivity index (χ4n) is 2.04. The van der Waals surface area contributed by atoms with Crippen LogP contribution in [0, 0.1) is 0 Å². The molecule has 2 aromatic carbocycles. The smallest absolute Gasteiger partial charge is 0.130 e. The molecule has 0 fully saturated rings. The quantitative estimate of drug-likeness (QED) is 0.813. The van der Waals surface area contributed by atoms with Crippen molar-refractivity contribution in [1.29, 1.82) is 0 Å². The van der Waals surface area contributed by atoms with Gasteiger partial charge in [-0.05, 0) is 41.7 Å². The lowest BCUT2D eigenvalue weighted by Gasteiger charge is -2.11. The fourth-order valence-corrected chi connectivity index (χ4v) is 2.04. The van der Waals surface area contributed by atoms with Crippen molar-refractivity contribution >= 4 is 19.1 Å². The van der Waals surface area contributed by atoms with Crippen LogP contribution < -0.4 is 5.32 Å². The van der Waals surface area contributed by atoms with Gasteiger partial charge in [0, 0.05) is 5.69 Å². The van der Waals surface area contributed by atoms with E-state index >= 15 is 0 Å². The average molecular weight is 249 g/mol. The third kappa shape index (κ3) is 3.51. The lowest BCUT2D eigenvalue weighted by atomic mass is 9.98. The van der Waals surface area contributed by atoms with Crippen LogP contribution in [-0.2, 0) is 0 Å². The van der Waals surface area contributed by atoms with E-state index in [0.717, 1.165) is 11.3 Å². The van der Waals surface area contributed by atoms with E-state index in [1.165, 1.54) is 16.7 Å². The summed E-state index contributed by atoms with van der Waals surface area (Å²) in [5.74, 6) is 0.459. The second-order valence-electron chi connectivity index (χ2n) is 5.23. The van der Waals surface area contributed by atoms with Gasteiger partial charge in [0.2, 0.25) is 0 Å². The van der Waals surface area contributed by atoms with Gasteiger partial charge in [0.1, 0.15) is 7.85 Å². The third-order valence-electron chi connectivity index (χ3n) is 3.05. The number of hydrogen-bond donors (Lipinski definition) is 1. The van der Waals surface area contributed by atoms with Gasteiger partial charge in [-0.15, -0.1) is 0 Å². The maximum absolute atomic E-state index is 3.96. The molecule has 0 amide bonds. The molecule has 1 atom stereocenters. The molecule has 1 unspecified atom stereocenters. The molecular weight excluding hydrogens is 229 g/mol. The van der Waals surface area contributed by atoms with Gasteiger partial charge in [-0.1, -0.05) is 55.5 Å². The van der Waals surface area contributed by atoms with Crippen molar-refractivity contribution in [3.8, 4) is 11.1 Å². The maximum Gasteiger partial charge on any atom is 0.130 e. The van der Waals surface area contributed by atoms with E-state index in [9.17, 15) is 0 Å². The zero-order valence-electron chi connectivity index (χ0n) is 11.9. The zero-order chi connectivity index (χ0) is 13.8. The minimum absolute atomic E-state index is 0.459. The molecule has 1 nitrogen and oxygen atoms in total. The first kappa shape index (κ1) is 13.5. The van der Waals surface area contributed by atoms with Gasteiger partial charge >= 0.3 is 0 Å². The Hall–Kier alpha value is -1.96. The summed E-state index contributed by atoms with van der Waals surface area (Å²) in [6.45, 7) is 8.13. The molecule has 0 radical (unpaired) electrons. The van der Waals surface area contributed by atoms with Crippen molar-refractivity contribution in [2.75, 3.05) is 5.32 Å². The van der Waals surface area contributed by atoms with Crippen LogP contribution in [0.5, 0.6) is 0 Å². The van der Waals surface area contributed by atoms with E-state index in [2.05, 4.69) is 75.2 Å². The summed E-state index contributed by atoms with van der Waals surface area (Å²) in [5.41, 5.74) is 5.94. The Morgan fingerprint density at radius 2 is 1.47 bits per heavy atom. The Morgan fingerprint density at radius 1 is 1.00 bits per heavy atom. The van der Waals surface area contributed by atoms with E-state index in [0.29, 0.717) is 5.94 Å². The van der Waals surface area contributed by atoms with Crippen LogP contribution in [-0.4, -0.2) is 13.8 Å². The van der Waals surface area contributed by atoms with Gasteiger partial charge in [-0.25, -0.2) is 0 Å². The molecule has 2 heteroatoms. The van der Waals surface area contributed by atoms with Gasteiger partial charge in [0.15, 0.2) is 0 Å². The molecule has 96 valence electrons. The molecule has 0 spiro atoms. The Labute approximate surface area is 116 Å². The molecule has 0 saturated heterocycles. The van der Waals surface area contributed by atoms with Crippen LogP contribution in [0.2, 0.25) is 0 Å². The number of allylic oxidation sites excluding steroid dienone is 1. The summed E-state index contributed by atoms with van der Waals surface area (Å²) in [4.78, 5) is 0.